The first-order chi connectivity index (χ1) is 14.5. The number of carbonyl (C=O) groups is 2. The summed E-state index contributed by atoms with van der Waals surface area (Å²) in [5.74, 6) is -0.769. The molecule has 172 valence electrons. The number of anilines is 2. The van der Waals surface area contributed by atoms with Gasteiger partial charge in [-0.3, -0.25) is 13.9 Å². The SMILES string of the molecule is CC(=O)NC[C@H]1CN(c2ccc(N3CCC(O)(COS(C)(=O)=O)CC3)c(F)c2)C(=O)O1. The number of aliphatic hydroxyl groups is 1. The standard InChI is InChI=1S/C19H26FN3O7S/c1-13(24)21-10-15-11-23(18(25)30-15)14-3-4-17(16(20)9-14)22-7-5-19(26,6-8-22)12-29-31(2,27)28/h3-4,9,15,26H,5-8,10-12H2,1-2H3,(H,21,24)/t15-/m0/s1. The molecule has 0 saturated carbocycles. The topological polar surface area (TPSA) is 125 Å². The van der Waals surface area contributed by atoms with Crippen LogP contribution in [0.1, 0.15) is 19.8 Å². The minimum absolute atomic E-state index is 0.178. The van der Waals surface area contributed by atoms with E-state index >= 15 is 0 Å². The van der Waals surface area contributed by atoms with E-state index in [1.54, 1.807) is 17.0 Å². The van der Waals surface area contributed by atoms with Crippen molar-refractivity contribution in [3.63, 3.8) is 0 Å². The molecule has 2 aliphatic rings. The van der Waals surface area contributed by atoms with Crippen LogP contribution < -0.4 is 15.1 Å². The van der Waals surface area contributed by atoms with Gasteiger partial charge in [0, 0.05) is 20.0 Å². The lowest BCUT2D eigenvalue weighted by molar-refractivity contribution is -0.119. The van der Waals surface area contributed by atoms with Gasteiger partial charge >= 0.3 is 6.09 Å². The summed E-state index contributed by atoms with van der Waals surface area (Å²) in [5.41, 5.74) is -0.637. The Bertz CT molecular complexity index is 948. The van der Waals surface area contributed by atoms with Crippen LogP contribution in [0.3, 0.4) is 0 Å². The second-order valence-electron chi connectivity index (χ2n) is 7.87. The predicted molar refractivity (Wildman–Crippen MR) is 110 cm³/mol. The maximum Gasteiger partial charge on any atom is 0.414 e. The van der Waals surface area contributed by atoms with Gasteiger partial charge in [-0.15, -0.1) is 0 Å². The van der Waals surface area contributed by atoms with Crippen LogP contribution in [0.2, 0.25) is 0 Å². The summed E-state index contributed by atoms with van der Waals surface area (Å²) in [6.45, 7) is 2.02. The van der Waals surface area contributed by atoms with Gasteiger partial charge in [-0.05, 0) is 31.0 Å². The van der Waals surface area contributed by atoms with Crippen LogP contribution in [0.5, 0.6) is 0 Å². The van der Waals surface area contributed by atoms with Crippen molar-refractivity contribution in [2.24, 2.45) is 0 Å². The van der Waals surface area contributed by atoms with Gasteiger partial charge in [0.25, 0.3) is 10.1 Å². The number of benzene rings is 1. The third kappa shape index (κ3) is 6.05. The number of carbonyl (C=O) groups excluding carboxylic acids is 2. The van der Waals surface area contributed by atoms with E-state index in [-0.39, 0.29) is 38.4 Å². The summed E-state index contributed by atoms with van der Waals surface area (Å²) in [4.78, 5) is 26.2. The van der Waals surface area contributed by atoms with E-state index in [0.29, 0.717) is 24.5 Å². The number of ether oxygens (including phenoxy) is 1. The molecule has 2 amide bonds. The highest BCUT2D eigenvalue weighted by Gasteiger charge is 2.35. The van der Waals surface area contributed by atoms with Crippen molar-refractivity contribution in [3.8, 4) is 0 Å². The van der Waals surface area contributed by atoms with Crippen molar-refractivity contribution in [2.75, 3.05) is 48.8 Å². The molecule has 3 rings (SSSR count). The van der Waals surface area contributed by atoms with E-state index in [4.69, 9.17) is 8.92 Å². The first-order valence-electron chi connectivity index (χ1n) is 9.80. The third-order valence-electron chi connectivity index (χ3n) is 5.27. The Morgan fingerprint density at radius 3 is 2.65 bits per heavy atom. The van der Waals surface area contributed by atoms with Crippen molar-refractivity contribution in [1.82, 2.24) is 5.32 Å². The predicted octanol–water partition coefficient (Wildman–Crippen LogP) is 0.594. The normalized spacial score (nSPS) is 21.2. The van der Waals surface area contributed by atoms with Crippen LogP contribution in [-0.2, 0) is 23.8 Å². The van der Waals surface area contributed by atoms with Crippen LogP contribution >= 0.6 is 0 Å². The fourth-order valence-electron chi connectivity index (χ4n) is 3.54. The quantitative estimate of drug-likeness (QED) is 0.568. The molecule has 2 heterocycles. The summed E-state index contributed by atoms with van der Waals surface area (Å²) >= 11 is 0. The lowest BCUT2D eigenvalue weighted by Crippen LogP contribution is -2.47. The van der Waals surface area contributed by atoms with Gasteiger partial charge < -0.3 is 20.1 Å². The van der Waals surface area contributed by atoms with E-state index in [1.807, 2.05) is 0 Å². The zero-order valence-electron chi connectivity index (χ0n) is 17.3. The number of piperidine rings is 1. The average molecular weight is 459 g/mol. The van der Waals surface area contributed by atoms with E-state index in [1.165, 1.54) is 17.9 Å². The lowest BCUT2D eigenvalue weighted by atomic mass is 9.92. The number of nitrogens with zero attached hydrogens (tertiary/aromatic N) is 2. The van der Waals surface area contributed by atoms with Gasteiger partial charge in [-0.1, -0.05) is 0 Å². The van der Waals surface area contributed by atoms with Gasteiger partial charge in [0.05, 0.1) is 42.9 Å². The highest BCUT2D eigenvalue weighted by molar-refractivity contribution is 7.85. The molecule has 2 fully saturated rings. The summed E-state index contributed by atoms with van der Waals surface area (Å²) < 4.78 is 47.0. The Balaban J connectivity index is 1.61. The Morgan fingerprint density at radius 1 is 1.39 bits per heavy atom. The van der Waals surface area contributed by atoms with Crippen LogP contribution in [0, 0.1) is 5.82 Å². The van der Waals surface area contributed by atoms with E-state index in [9.17, 15) is 27.5 Å². The van der Waals surface area contributed by atoms with Crippen molar-refractivity contribution in [3.05, 3.63) is 24.0 Å². The number of hydrogen-bond acceptors (Lipinski definition) is 8. The minimum Gasteiger partial charge on any atom is -0.442 e. The van der Waals surface area contributed by atoms with Crippen LogP contribution in [0.4, 0.5) is 20.6 Å². The second kappa shape index (κ2) is 8.97. The molecule has 0 aromatic heterocycles. The molecule has 0 bridgehead atoms. The van der Waals surface area contributed by atoms with Crippen molar-refractivity contribution in [1.29, 1.82) is 0 Å². The summed E-state index contributed by atoms with van der Waals surface area (Å²) in [7, 11) is -3.66. The van der Waals surface area contributed by atoms with Crippen molar-refractivity contribution in [2.45, 2.75) is 31.5 Å². The largest absolute Gasteiger partial charge is 0.442 e. The molecule has 1 aromatic rings. The van der Waals surface area contributed by atoms with Crippen molar-refractivity contribution < 1.29 is 36.4 Å². The van der Waals surface area contributed by atoms with Crippen molar-refractivity contribution >= 4 is 33.5 Å². The first-order valence-corrected chi connectivity index (χ1v) is 11.6. The summed E-state index contributed by atoms with van der Waals surface area (Å²) in [5, 5.41) is 13.1. The minimum atomic E-state index is -3.66. The van der Waals surface area contributed by atoms with E-state index < -0.39 is 33.7 Å². The molecule has 1 aromatic carbocycles. The number of rotatable bonds is 7. The molecule has 2 aliphatic heterocycles. The van der Waals surface area contributed by atoms with Crippen LogP contribution in [0.15, 0.2) is 18.2 Å². The fourth-order valence-corrected chi connectivity index (χ4v) is 3.97. The molecular weight excluding hydrogens is 433 g/mol. The van der Waals surface area contributed by atoms with Gasteiger partial charge in [-0.2, -0.15) is 8.42 Å². The van der Waals surface area contributed by atoms with Gasteiger partial charge in [0.1, 0.15) is 11.9 Å². The fraction of sp³-hybridized carbons (Fsp3) is 0.579. The highest BCUT2D eigenvalue weighted by atomic mass is 32.2. The molecule has 12 heteroatoms. The Kier molecular flexibility index (Phi) is 6.72. The number of hydrogen-bond donors (Lipinski definition) is 2. The zero-order valence-corrected chi connectivity index (χ0v) is 18.2. The van der Waals surface area contributed by atoms with E-state index in [2.05, 4.69) is 5.32 Å². The molecule has 31 heavy (non-hydrogen) atoms. The molecule has 2 saturated heterocycles. The van der Waals surface area contributed by atoms with Gasteiger partial charge in [0.2, 0.25) is 5.91 Å². The maximum atomic E-state index is 14.8. The molecule has 10 nitrogen and oxygen atoms in total. The number of nitrogens with one attached hydrogen (secondary N) is 1. The zero-order chi connectivity index (χ0) is 22.8. The first kappa shape index (κ1) is 23.2. The molecule has 0 spiro atoms. The lowest BCUT2D eigenvalue weighted by Gasteiger charge is -2.39. The molecule has 0 radical (unpaired) electrons. The monoisotopic (exact) mass is 459 g/mol. The molecule has 0 unspecified atom stereocenters. The Hall–Kier alpha value is -2.44. The molecular formula is C19H26FN3O7S. The Labute approximate surface area is 180 Å². The second-order valence-corrected chi connectivity index (χ2v) is 9.51. The average Bonchev–Trinajstić information content (AvgIpc) is 3.06. The summed E-state index contributed by atoms with van der Waals surface area (Å²) in [6.07, 6.45) is 0.213. The summed E-state index contributed by atoms with van der Waals surface area (Å²) in [6, 6.07) is 4.40. The Morgan fingerprint density at radius 2 is 2.06 bits per heavy atom. The molecule has 2 N–H and O–H groups in total. The smallest absolute Gasteiger partial charge is 0.414 e. The number of halogens is 1. The van der Waals surface area contributed by atoms with Crippen LogP contribution in [0.25, 0.3) is 0 Å². The maximum absolute atomic E-state index is 14.8. The van der Waals surface area contributed by atoms with Gasteiger partial charge in [-0.25, -0.2) is 9.18 Å². The van der Waals surface area contributed by atoms with Crippen LogP contribution in [-0.4, -0.2) is 76.3 Å². The molecule has 0 aliphatic carbocycles. The third-order valence-corrected chi connectivity index (χ3v) is 5.82. The molecule has 1 atom stereocenters. The number of cyclic esters (lactones) is 1. The highest BCUT2D eigenvalue weighted by Crippen LogP contribution is 2.31. The van der Waals surface area contributed by atoms with Gasteiger partial charge in [0.15, 0.2) is 0 Å². The van der Waals surface area contributed by atoms with E-state index in [0.717, 1.165) is 6.26 Å². The number of amides is 2.